The molecule has 1 saturated carbocycles. The second-order valence-electron chi connectivity index (χ2n) is 13.2. The van der Waals surface area contributed by atoms with Crippen LogP contribution in [-0.4, -0.2) is 72.7 Å². The van der Waals surface area contributed by atoms with Gasteiger partial charge in [-0.05, 0) is 29.5 Å². The fourth-order valence-electron chi connectivity index (χ4n) is 5.21. The summed E-state index contributed by atoms with van der Waals surface area (Å²) in [6, 6.07) is 30.3. The summed E-state index contributed by atoms with van der Waals surface area (Å²) in [4.78, 5) is 0. The minimum absolute atomic E-state index is 0.625. The highest BCUT2D eigenvalue weighted by atomic mass is 16.6. The first kappa shape index (κ1) is 32.7. The van der Waals surface area contributed by atoms with E-state index in [0.717, 1.165) is 51.3 Å². The van der Waals surface area contributed by atoms with Crippen LogP contribution in [-0.2, 0) is 15.7 Å². The van der Waals surface area contributed by atoms with Gasteiger partial charge in [-0.2, -0.15) is 0 Å². The molecule has 1 aliphatic rings. The van der Waals surface area contributed by atoms with E-state index in [1.165, 1.54) is 0 Å². The molecule has 1 fully saturated rings. The van der Waals surface area contributed by atoms with Crippen molar-refractivity contribution in [2.75, 3.05) is 56.4 Å². The third-order valence-electron chi connectivity index (χ3n) is 6.34. The Kier molecular flexibility index (Phi) is 12.0. The fourth-order valence-corrected chi connectivity index (χ4v) is 5.21. The molecule has 0 bridgehead atoms. The smallest absolute Gasteiger partial charge is 0.0872 e. The van der Waals surface area contributed by atoms with Crippen molar-refractivity contribution in [1.82, 2.24) is 0 Å². The Labute approximate surface area is 238 Å². The van der Waals surface area contributed by atoms with Crippen LogP contribution in [0, 0.1) is 0 Å². The van der Waals surface area contributed by atoms with E-state index in [1.54, 1.807) is 0 Å². The third-order valence-corrected chi connectivity index (χ3v) is 6.34. The molecular formula is C33H49BN2O3. The van der Waals surface area contributed by atoms with Crippen molar-refractivity contribution in [3.8, 4) is 0 Å². The monoisotopic (exact) mass is 532 g/mol. The Hall–Kier alpha value is -2.48. The topological polar surface area (TPSA) is 55.3 Å². The second-order valence-corrected chi connectivity index (χ2v) is 13.2. The highest BCUT2D eigenvalue weighted by molar-refractivity contribution is 6.28. The van der Waals surface area contributed by atoms with Gasteiger partial charge in [-0.3, -0.25) is 0 Å². The fraction of sp³-hybridized carbons (Fsp3) is 0.455. The molecular weight excluding hydrogens is 483 g/mol. The number of nitrogens with zero attached hydrogens (tertiary/aromatic N) is 2. The molecule has 1 atom stereocenters. The quantitative estimate of drug-likeness (QED) is 0.281. The lowest BCUT2D eigenvalue weighted by Crippen LogP contribution is -2.60. The van der Waals surface area contributed by atoms with Crippen LogP contribution in [0.15, 0.2) is 91.0 Å². The molecule has 3 aromatic carbocycles. The lowest BCUT2D eigenvalue weighted by molar-refractivity contribution is -0.849. The van der Waals surface area contributed by atoms with Gasteiger partial charge in [0.2, 0.25) is 0 Å². The summed E-state index contributed by atoms with van der Waals surface area (Å²) < 4.78 is 7.96. The summed E-state index contributed by atoms with van der Waals surface area (Å²) in [6.07, 6.45) is 4.39. The Morgan fingerprint density at radius 2 is 0.872 bits per heavy atom. The number of quaternary nitrogens is 2. The summed E-state index contributed by atoms with van der Waals surface area (Å²) in [6.45, 7) is 0. The molecule has 3 aromatic rings. The van der Waals surface area contributed by atoms with Crippen molar-refractivity contribution in [1.29, 1.82) is 0 Å². The van der Waals surface area contributed by atoms with E-state index in [4.69, 9.17) is 4.65 Å². The Balaban J connectivity index is 0.000000458. The minimum atomic E-state index is -2.36. The van der Waals surface area contributed by atoms with Gasteiger partial charge in [0.15, 0.2) is 0 Å². The zero-order chi connectivity index (χ0) is 29.2. The molecule has 0 amide bonds. The molecule has 0 spiro atoms. The first-order valence-electron chi connectivity index (χ1n) is 13.9. The van der Waals surface area contributed by atoms with Crippen LogP contribution in [0.25, 0.3) is 0 Å². The molecule has 5 nitrogen and oxygen atoms in total. The first-order valence-corrected chi connectivity index (χ1v) is 13.9. The van der Waals surface area contributed by atoms with Crippen LogP contribution in [0.2, 0.25) is 0 Å². The van der Waals surface area contributed by atoms with Crippen LogP contribution >= 0.6 is 0 Å². The molecule has 212 valence electrons. The molecule has 1 unspecified atom stereocenters. The first-order chi connectivity index (χ1) is 18.2. The molecule has 4 rings (SSSR count). The van der Waals surface area contributed by atoms with Gasteiger partial charge in [0.1, 0.15) is 0 Å². The van der Waals surface area contributed by atoms with Crippen molar-refractivity contribution in [2.45, 2.75) is 43.1 Å². The lowest BCUT2D eigenvalue weighted by Gasteiger charge is -2.55. The molecule has 1 aliphatic carbocycles. The highest BCUT2D eigenvalue weighted by Crippen LogP contribution is 2.56. The predicted octanol–water partition coefficient (Wildman–Crippen LogP) is 4.20. The lowest BCUT2D eigenvalue weighted by atomic mass is 9.57. The molecule has 0 aliphatic heterocycles. The van der Waals surface area contributed by atoms with Crippen molar-refractivity contribution in [2.24, 2.45) is 0 Å². The Morgan fingerprint density at radius 1 is 0.538 bits per heavy atom. The second kappa shape index (κ2) is 14.2. The van der Waals surface area contributed by atoms with Crippen molar-refractivity contribution < 1.29 is 23.7 Å². The van der Waals surface area contributed by atoms with Gasteiger partial charge < -0.3 is 23.7 Å². The van der Waals surface area contributed by atoms with Gasteiger partial charge in [-0.15, -0.1) is 0 Å². The maximum Gasteiger partial charge on any atom is 0.0872 e. The van der Waals surface area contributed by atoms with Crippen LogP contribution in [0.4, 0.5) is 0 Å². The third kappa shape index (κ3) is 9.89. The van der Waals surface area contributed by atoms with E-state index in [-0.39, 0.29) is 0 Å². The Morgan fingerprint density at radius 3 is 1.23 bits per heavy atom. The Bertz CT molecular complexity index is 1020. The number of hydrogen-bond donors (Lipinski definition) is 0. The van der Waals surface area contributed by atoms with Crippen molar-refractivity contribution in [3.05, 3.63) is 108 Å². The summed E-state index contributed by atoms with van der Waals surface area (Å²) >= 11 is 0. The number of hydrogen-bond acceptors (Lipinski definition) is 3. The normalized spacial score (nSPS) is 18.9. The van der Waals surface area contributed by atoms with Gasteiger partial charge >= 0.3 is 0 Å². The summed E-state index contributed by atoms with van der Waals surface area (Å²) in [7, 11) is 14.6. The molecule has 39 heavy (non-hydrogen) atoms. The average Bonchev–Trinajstić information content (AvgIpc) is 3.04. The van der Waals surface area contributed by atoms with Gasteiger partial charge in [0.25, 0.3) is 0 Å². The van der Waals surface area contributed by atoms with E-state index in [0.29, 0.717) is 6.42 Å². The van der Waals surface area contributed by atoms with Gasteiger partial charge in [-0.1, -0.05) is 110 Å². The maximum absolute atomic E-state index is 12.1. The highest BCUT2D eigenvalue weighted by Gasteiger charge is 2.54. The average molecular weight is 533 g/mol. The zero-order valence-electron chi connectivity index (χ0n) is 25.4. The van der Waals surface area contributed by atoms with Crippen LogP contribution < -0.4 is 10.0 Å². The number of benzene rings is 3. The summed E-state index contributed by atoms with van der Waals surface area (Å²) in [5.74, 6) is 0. The van der Waals surface area contributed by atoms with E-state index in [9.17, 15) is 10.0 Å². The molecule has 0 aromatic heterocycles. The van der Waals surface area contributed by atoms with Gasteiger partial charge in [-0.25, -0.2) is 0 Å². The van der Waals surface area contributed by atoms with Crippen LogP contribution in [0.1, 0.15) is 48.8 Å². The van der Waals surface area contributed by atoms with E-state index in [2.05, 4.69) is 80.6 Å². The zero-order valence-corrected chi connectivity index (χ0v) is 25.4. The predicted molar refractivity (Wildman–Crippen MR) is 160 cm³/mol. The summed E-state index contributed by atoms with van der Waals surface area (Å²) in [5.41, 5.74) is 1.41. The number of rotatable bonds is 5. The molecule has 6 heteroatoms. The maximum atomic E-state index is 12.1. The standard InChI is InChI=1S/C25H25BO3.2C4H12N/c27-26(28)29-25(23-17-9-3-10-18-23)20-12-4-11-19-24(25,21-13-5-1-6-14-21)22-15-7-2-8-16-22;2*1-5(2,3)4/h1-3,5-10,13-18H,4,11-12,19-20H2;2*1-4H3/q-2;2*+1. The van der Waals surface area contributed by atoms with Gasteiger partial charge in [0.05, 0.1) is 74.7 Å². The van der Waals surface area contributed by atoms with Gasteiger partial charge in [0, 0.05) is 0 Å². The minimum Gasteiger partial charge on any atom is -0.871 e. The van der Waals surface area contributed by atoms with E-state index < -0.39 is 18.3 Å². The molecule has 0 heterocycles. The molecule has 0 radical (unpaired) electrons. The van der Waals surface area contributed by atoms with Crippen molar-refractivity contribution >= 4 is 7.32 Å². The summed E-state index contributed by atoms with van der Waals surface area (Å²) in [5, 5.41) is 24.1. The van der Waals surface area contributed by atoms with Crippen LogP contribution in [0.5, 0.6) is 0 Å². The largest absolute Gasteiger partial charge is 0.871 e. The SMILES string of the molecule is C[N+](C)(C)C.C[N+](C)(C)C.[O-]B([O-])OC1(c2ccccc2)CCCCCC1(c1ccccc1)c1ccccc1. The van der Waals surface area contributed by atoms with Crippen LogP contribution in [0.3, 0.4) is 0 Å². The van der Waals surface area contributed by atoms with Crippen molar-refractivity contribution in [3.63, 3.8) is 0 Å². The van der Waals surface area contributed by atoms with E-state index in [1.807, 2.05) is 66.7 Å². The van der Waals surface area contributed by atoms with E-state index >= 15 is 0 Å². The molecule has 0 N–H and O–H groups in total. The molecule has 0 saturated heterocycles.